The number of carbonyl (C=O) groups is 2. The number of nitrogens with one attached hydrogen (secondary N) is 2. The third-order valence-electron chi connectivity index (χ3n) is 3.66. The molecular weight excluding hydrogens is 382 g/mol. The highest BCUT2D eigenvalue weighted by molar-refractivity contribution is 9.10. The van der Waals surface area contributed by atoms with E-state index in [1.54, 1.807) is 36.4 Å². The van der Waals surface area contributed by atoms with Gasteiger partial charge in [0.25, 0.3) is 5.91 Å². The topological polar surface area (TPSA) is 82.0 Å². The summed E-state index contributed by atoms with van der Waals surface area (Å²) in [6, 6.07) is 16.0. The molecule has 2 amide bonds. The molecule has 2 aromatic carbocycles. The van der Waals surface area contributed by atoms with E-state index in [1.807, 2.05) is 19.1 Å². The van der Waals surface area contributed by atoms with Crippen LogP contribution in [0.4, 0.5) is 0 Å². The third kappa shape index (κ3) is 5.73. The van der Waals surface area contributed by atoms with Gasteiger partial charge in [-0.3, -0.25) is 9.59 Å². The van der Waals surface area contributed by atoms with Crippen molar-refractivity contribution in [2.24, 2.45) is 0 Å². The number of nitrogens with zero attached hydrogens (tertiary/aromatic N) is 1. The van der Waals surface area contributed by atoms with Crippen LogP contribution in [0.25, 0.3) is 0 Å². The predicted octanol–water partition coefficient (Wildman–Crippen LogP) is 3.32. The highest BCUT2D eigenvalue weighted by Gasteiger charge is 2.10. The molecule has 25 heavy (non-hydrogen) atoms. The summed E-state index contributed by atoms with van der Waals surface area (Å²) in [7, 11) is 0. The molecule has 1 atom stereocenters. The number of hydrogen-bond acceptors (Lipinski definition) is 3. The fourth-order valence-electron chi connectivity index (χ4n) is 2.24. The van der Waals surface area contributed by atoms with Crippen molar-refractivity contribution in [3.63, 3.8) is 0 Å². The Balaban J connectivity index is 1.77. The number of hydrogen-bond donors (Lipinski definition) is 2. The molecule has 0 spiro atoms. The zero-order chi connectivity index (χ0) is 18.2. The average molecular weight is 400 g/mol. The maximum absolute atomic E-state index is 12.0. The lowest BCUT2D eigenvalue weighted by Crippen LogP contribution is -2.32. The van der Waals surface area contributed by atoms with Crippen LogP contribution in [0, 0.1) is 11.3 Å². The summed E-state index contributed by atoms with van der Waals surface area (Å²) in [4.78, 5) is 23.9. The van der Waals surface area contributed by atoms with Gasteiger partial charge in [0, 0.05) is 23.0 Å². The largest absolute Gasteiger partial charge is 0.352 e. The summed E-state index contributed by atoms with van der Waals surface area (Å²) in [6.45, 7) is 2.14. The summed E-state index contributed by atoms with van der Waals surface area (Å²) in [5.74, 6) is -0.353. The minimum atomic E-state index is -0.208. The van der Waals surface area contributed by atoms with E-state index < -0.39 is 0 Å². The van der Waals surface area contributed by atoms with Crippen molar-refractivity contribution in [2.45, 2.75) is 19.4 Å². The van der Waals surface area contributed by atoms with Gasteiger partial charge in [0.15, 0.2) is 0 Å². The van der Waals surface area contributed by atoms with Crippen molar-refractivity contribution in [1.82, 2.24) is 10.6 Å². The van der Waals surface area contributed by atoms with Crippen molar-refractivity contribution < 1.29 is 9.59 Å². The minimum absolute atomic E-state index is 0.145. The van der Waals surface area contributed by atoms with Crippen molar-refractivity contribution in [3.8, 4) is 6.07 Å². The molecule has 0 radical (unpaired) electrons. The Morgan fingerprint density at radius 1 is 1.12 bits per heavy atom. The molecule has 6 heteroatoms. The molecule has 128 valence electrons. The van der Waals surface area contributed by atoms with Crippen LogP contribution in [0.5, 0.6) is 0 Å². The molecule has 5 nitrogen and oxygen atoms in total. The molecule has 0 fully saturated rings. The van der Waals surface area contributed by atoms with Crippen LogP contribution in [-0.2, 0) is 4.79 Å². The number of halogens is 1. The van der Waals surface area contributed by atoms with Gasteiger partial charge >= 0.3 is 0 Å². The Kier molecular flexibility index (Phi) is 6.72. The molecule has 0 aliphatic rings. The second kappa shape index (κ2) is 9.00. The second-order valence-corrected chi connectivity index (χ2v) is 6.45. The molecule has 0 heterocycles. The number of amides is 2. The Morgan fingerprint density at radius 2 is 1.76 bits per heavy atom. The molecule has 0 aromatic heterocycles. The van der Waals surface area contributed by atoms with Crippen molar-refractivity contribution in [2.75, 3.05) is 6.54 Å². The highest BCUT2D eigenvalue weighted by Crippen LogP contribution is 2.13. The van der Waals surface area contributed by atoms with E-state index in [2.05, 4.69) is 32.6 Å². The summed E-state index contributed by atoms with van der Waals surface area (Å²) in [6.07, 6.45) is 0.197. The SMILES string of the molecule is CC(NC(=O)CCNC(=O)c1ccc(Br)cc1)c1ccc(C#N)cc1. The number of carbonyl (C=O) groups excluding carboxylic acids is 2. The van der Waals surface area contributed by atoms with Gasteiger partial charge in [-0.2, -0.15) is 5.26 Å². The quantitative estimate of drug-likeness (QED) is 0.781. The van der Waals surface area contributed by atoms with E-state index in [0.29, 0.717) is 11.1 Å². The molecule has 0 aliphatic carbocycles. The lowest BCUT2D eigenvalue weighted by Gasteiger charge is -2.14. The molecule has 0 saturated carbocycles. The highest BCUT2D eigenvalue weighted by atomic mass is 79.9. The van der Waals surface area contributed by atoms with Gasteiger partial charge in [0.1, 0.15) is 0 Å². The molecule has 1 unspecified atom stereocenters. The molecular formula is C19H18BrN3O2. The van der Waals surface area contributed by atoms with Crippen molar-refractivity contribution in [1.29, 1.82) is 5.26 Å². The summed E-state index contributed by atoms with van der Waals surface area (Å²) < 4.78 is 0.903. The predicted molar refractivity (Wildman–Crippen MR) is 98.8 cm³/mol. The third-order valence-corrected chi connectivity index (χ3v) is 4.19. The van der Waals surface area contributed by atoms with E-state index >= 15 is 0 Å². The monoisotopic (exact) mass is 399 g/mol. The fourth-order valence-corrected chi connectivity index (χ4v) is 2.50. The van der Waals surface area contributed by atoms with E-state index in [1.165, 1.54) is 0 Å². The summed E-state index contributed by atoms with van der Waals surface area (Å²) in [5.41, 5.74) is 2.05. The second-order valence-electron chi connectivity index (χ2n) is 5.54. The van der Waals surface area contributed by atoms with E-state index in [-0.39, 0.29) is 30.8 Å². The zero-order valence-electron chi connectivity index (χ0n) is 13.8. The molecule has 0 saturated heterocycles. The summed E-state index contributed by atoms with van der Waals surface area (Å²) in [5, 5.41) is 14.4. The lowest BCUT2D eigenvalue weighted by atomic mass is 10.1. The Labute approximate surface area is 155 Å². The van der Waals surface area contributed by atoms with Gasteiger partial charge in [-0.15, -0.1) is 0 Å². The maximum Gasteiger partial charge on any atom is 0.251 e. The van der Waals surface area contributed by atoms with Crippen LogP contribution < -0.4 is 10.6 Å². The molecule has 0 aliphatic heterocycles. The first-order valence-electron chi connectivity index (χ1n) is 7.83. The van der Waals surface area contributed by atoms with Gasteiger partial charge < -0.3 is 10.6 Å². The van der Waals surface area contributed by atoms with E-state index in [0.717, 1.165) is 10.0 Å². The molecule has 2 aromatic rings. The van der Waals surface area contributed by atoms with Gasteiger partial charge in [-0.25, -0.2) is 0 Å². The smallest absolute Gasteiger partial charge is 0.251 e. The Morgan fingerprint density at radius 3 is 2.36 bits per heavy atom. The van der Waals surface area contributed by atoms with Crippen LogP contribution in [0.1, 0.15) is 40.9 Å². The standard InChI is InChI=1S/C19H18BrN3O2/c1-13(15-4-2-14(12-21)3-5-15)23-18(24)10-11-22-19(25)16-6-8-17(20)9-7-16/h2-9,13H,10-11H2,1H3,(H,22,25)(H,23,24). The van der Waals surface area contributed by atoms with E-state index in [4.69, 9.17) is 5.26 Å². The van der Waals surface area contributed by atoms with Crippen molar-refractivity contribution in [3.05, 3.63) is 69.7 Å². The lowest BCUT2D eigenvalue weighted by molar-refractivity contribution is -0.121. The van der Waals surface area contributed by atoms with Crippen molar-refractivity contribution >= 4 is 27.7 Å². The average Bonchev–Trinajstić information content (AvgIpc) is 2.62. The normalized spacial score (nSPS) is 11.2. The number of nitriles is 1. The van der Waals surface area contributed by atoms with Gasteiger partial charge in [0.2, 0.25) is 5.91 Å². The first-order chi connectivity index (χ1) is 12.0. The van der Waals surface area contributed by atoms with E-state index in [9.17, 15) is 9.59 Å². The number of rotatable bonds is 6. The minimum Gasteiger partial charge on any atom is -0.352 e. The first-order valence-corrected chi connectivity index (χ1v) is 8.62. The first kappa shape index (κ1) is 18.7. The van der Waals surface area contributed by atoms with Gasteiger partial charge in [-0.1, -0.05) is 28.1 Å². The maximum atomic E-state index is 12.0. The molecule has 2 N–H and O–H groups in total. The van der Waals surface area contributed by atoms with Crippen LogP contribution in [-0.4, -0.2) is 18.4 Å². The van der Waals surface area contributed by atoms with Gasteiger partial charge in [0.05, 0.1) is 17.7 Å². The number of benzene rings is 2. The van der Waals surface area contributed by atoms with Crippen LogP contribution in [0.2, 0.25) is 0 Å². The molecule has 0 bridgehead atoms. The Bertz CT molecular complexity index is 780. The Hall–Kier alpha value is -2.65. The van der Waals surface area contributed by atoms with Crippen LogP contribution in [0.15, 0.2) is 53.0 Å². The van der Waals surface area contributed by atoms with Crippen LogP contribution >= 0.6 is 15.9 Å². The summed E-state index contributed by atoms with van der Waals surface area (Å²) >= 11 is 3.32. The molecule has 2 rings (SSSR count). The van der Waals surface area contributed by atoms with Crippen LogP contribution in [0.3, 0.4) is 0 Å². The fraction of sp³-hybridized carbons (Fsp3) is 0.211. The van der Waals surface area contributed by atoms with Gasteiger partial charge in [-0.05, 0) is 48.9 Å². The zero-order valence-corrected chi connectivity index (χ0v) is 15.3.